The number of nitrogens with one attached hydrogen (secondary N) is 1. The van der Waals surface area contributed by atoms with Gasteiger partial charge in [-0.2, -0.15) is 0 Å². The number of benzene rings is 1. The van der Waals surface area contributed by atoms with Gasteiger partial charge in [-0.05, 0) is 24.8 Å². The maximum Gasteiger partial charge on any atom is 0.273 e. The highest BCUT2D eigenvalue weighted by Gasteiger charge is 2.24. The summed E-state index contributed by atoms with van der Waals surface area (Å²) in [6.07, 6.45) is 4.75. The first-order valence-electron chi connectivity index (χ1n) is 6.56. The molecule has 1 aliphatic carbocycles. The first-order chi connectivity index (χ1) is 9.31. The Kier molecular flexibility index (Phi) is 3.27. The van der Waals surface area contributed by atoms with Crippen molar-refractivity contribution in [2.24, 2.45) is 0 Å². The molecule has 19 heavy (non-hydrogen) atoms. The molecule has 0 aliphatic heterocycles. The molecular weight excluding hydrogens is 240 g/mol. The SMILES string of the molecule is O=C(NC1CC1)c1cn(CCc2ccccc2)nn1. The molecule has 0 unspecified atom stereocenters. The molecule has 1 amide bonds. The molecule has 0 spiro atoms. The summed E-state index contributed by atoms with van der Waals surface area (Å²) in [7, 11) is 0. The van der Waals surface area contributed by atoms with Gasteiger partial charge in [0.05, 0.1) is 6.20 Å². The summed E-state index contributed by atoms with van der Waals surface area (Å²) in [5, 5.41) is 10.8. The predicted octanol–water partition coefficient (Wildman–Crippen LogP) is 1.41. The number of carbonyl (C=O) groups is 1. The van der Waals surface area contributed by atoms with Gasteiger partial charge in [-0.1, -0.05) is 35.5 Å². The van der Waals surface area contributed by atoms with Gasteiger partial charge in [0.25, 0.3) is 5.91 Å². The van der Waals surface area contributed by atoms with Crippen molar-refractivity contribution in [2.75, 3.05) is 0 Å². The monoisotopic (exact) mass is 256 g/mol. The van der Waals surface area contributed by atoms with E-state index in [4.69, 9.17) is 0 Å². The molecule has 1 N–H and O–H groups in total. The molecule has 98 valence electrons. The van der Waals surface area contributed by atoms with Gasteiger partial charge in [-0.25, -0.2) is 0 Å². The molecule has 0 saturated heterocycles. The Morgan fingerprint density at radius 3 is 2.84 bits per heavy atom. The van der Waals surface area contributed by atoms with E-state index >= 15 is 0 Å². The van der Waals surface area contributed by atoms with Gasteiger partial charge in [0.1, 0.15) is 0 Å². The Balaban J connectivity index is 1.57. The lowest BCUT2D eigenvalue weighted by atomic mass is 10.1. The van der Waals surface area contributed by atoms with Gasteiger partial charge in [0.2, 0.25) is 0 Å². The standard InChI is InChI=1S/C14H16N4O/c19-14(15-12-6-7-12)13-10-18(17-16-13)9-8-11-4-2-1-3-5-11/h1-5,10,12H,6-9H2,(H,15,19). The molecule has 0 radical (unpaired) electrons. The molecular formula is C14H16N4O. The first-order valence-corrected chi connectivity index (χ1v) is 6.56. The van der Waals surface area contributed by atoms with Crippen LogP contribution in [-0.2, 0) is 13.0 Å². The van der Waals surface area contributed by atoms with Crippen molar-refractivity contribution in [2.45, 2.75) is 31.8 Å². The molecule has 1 aromatic heterocycles. The van der Waals surface area contributed by atoms with E-state index in [1.807, 2.05) is 18.2 Å². The van der Waals surface area contributed by atoms with E-state index in [1.165, 1.54) is 5.56 Å². The zero-order valence-electron chi connectivity index (χ0n) is 10.6. The highest BCUT2D eigenvalue weighted by molar-refractivity contribution is 5.92. The molecule has 3 rings (SSSR count). The van der Waals surface area contributed by atoms with E-state index in [2.05, 4.69) is 27.8 Å². The molecule has 1 aromatic carbocycles. The van der Waals surface area contributed by atoms with Crippen LogP contribution in [0.2, 0.25) is 0 Å². The zero-order chi connectivity index (χ0) is 13.1. The minimum absolute atomic E-state index is 0.117. The predicted molar refractivity (Wildman–Crippen MR) is 70.7 cm³/mol. The maximum atomic E-state index is 11.8. The van der Waals surface area contributed by atoms with Crippen LogP contribution in [0.5, 0.6) is 0 Å². The molecule has 5 heteroatoms. The largest absolute Gasteiger partial charge is 0.348 e. The van der Waals surface area contributed by atoms with Crippen molar-refractivity contribution in [3.63, 3.8) is 0 Å². The normalized spacial score (nSPS) is 14.3. The quantitative estimate of drug-likeness (QED) is 0.880. The van der Waals surface area contributed by atoms with Crippen molar-refractivity contribution in [3.05, 3.63) is 47.8 Å². The topological polar surface area (TPSA) is 59.8 Å². The van der Waals surface area contributed by atoms with Gasteiger partial charge in [-0.15, -0.1) is 5.10 Å². The molecule has 1 fully saturated rings. The van der Waals surface area contributed by atoms with Crippen molar-refractivity contribution in [3.8, 4) is 0 Å². The number of rotatable bonds is 5. The second-order valence-corrected chi connectivity index (χ2v) is 4.85. The number of aryl methyl sites for hydroxylation is 2. The summed E-state index contributed by atoms with van der Waals surface area (Å²) in [4.78, 5) is 11.8. The Morgan fingerprint density at radius 2 is 2.11 bits per heavy atom. The highest BCUT2D eigenvalue weighted by Crippen LogP contribution is 2.18. The van der Waals surface area contributed by atoms with Crippen LogP contribution >= 0.6 is 0 Å². The fourth-order valence-corrected chi connectivity index (χ4v) is 1.89. The lowest BCUT2D eigenvalue weighted by Gasteiger charge is -2.00. The third-order valence-electron chi connectivity index (χ3n) is 3.16. The molecule has 1 aliphatic rings. The van der Waals surface area contributed by atoms with E-state index < -0.39 is 0 Å². The minimum Gasteiger partial charge on any atom is -0.348 e. The van der Waals surface area contributed by atoms with Crippen LogP contribution in [0.25, 0.3) is 0 Å². The van der Waals surface area contributed by atoms with E-state index in [-0.39, 0.29) is 5.91 Å². The second-order valence-electron chi connectivity index (χ2n) is 4.85. The average molecular weight is 256 g/mol. The Morgan fingerprint density at radius 1 is 1.32 bits per heavy atom. The first kappa shape index (κ1) is 11.9. The summed E-state index contributed by atoms with van der Waals surface area (Å²) in [5.41, 5.74) is 1.65. The molecule has 0 atom stereocenters. The number of aromatic nitrogens is 3. The summed E-state index contributed by atoms with van der Waals surface area (Å²) in [6.45, 7) is 0.730. The Bertz CT molecular complexity index is 560. The van der Waals surface area contributed by atoms with Gasteiger partial charge >= 0.3 is 0 Å². The number of hydrogen-bond acceptors (Lipinski definition) is 3. The van der Waals surface area contributed by atoms with Crippen molar-refractivity contribution < 1.29 is 4.79 Å². The molecule has 1 heterocycles. The van der Waals surface area contributed by atoms with Gasteiger partial charge in [0.15, 0.2) is 5.69 Å². The van der Waals surface area contributed by atoms with Crippen molar-refractivity contribution in [1.82, 2.24) is 20.3 Å². The van der Waals surface area contributed by atoms with E-state index in [1.54, 1.807) is 10.9 Å². The summed E-state index contributed by atoms with van der Waals surface area (Å²) < 4.78 is 1.72. The third-order valence-corrected chi connectivity index (χ3v) is 3.16. The van der Waals surface area contributed by atoms with Crippen LogP contribution in [-0.4, -0.2) is 26.9 Å². The fraction of sp³-hybridized carbons (Fsp3) is 0.357. The van der Waals surface area contributed by atoms with Crippen LogP contribution in [0.3, 0.4) is 0 Å². The van der Waals surface area contributed by atoms with E-state index in [0.29, 0.717) is 11.7 Å². The molecule has 0 bridgehead atoms. The van der Waals surface area contributed by atoms with Gasteiger partial charge in [-0.3, -0.25) is 9.48 Å². The Hall–Kier alpha value is -2.17. The smallest absolute Gasteiger partial charge is 0.273 e. The third kappa shape index (κ3) is 3.19. The lowest BCUT2D eigenvalue weighted by Crippen LogP contribution is -2.25. The summed E-state index contributed by atoms with van der Waals surface area (Å²) >= 11 is 0. The fourth-order valence-electron chi connectivity index (χ4n) is 1.89. The number of carbonyl (C=O) groups excluding carboxylic acids is 1. The Labute approximate surface area is 111 Å². The van der Waals surface area contributed by atoms with Crippen molar-refractivity contribution >= 4 is 5.91 Å². The maximum absolute atomic E-state index is 11.8. The number of amides is 1. The highest BCUT2D eigenvalue weighted by atomic mass is 16.2. The minimum atomic E-state index is -0.117. The number of nitrogens with zero attached hydrogens (tertiary/aromatic N) is 3. The number of hydrogen-bond donors (Lipinski definition) is 1. The second kappa shape index (κ2) is 5.22. The van der Waals surface area contributed by atoms with Crippen LogP contribution < -0.4 is 5.32 Å². The van der Waals surface area contributed by atoms with E-state index in [0.717, 1.165) is 25.8 Å². The van der Waals surface area contributed by atoms with Crippen LogP contribution in [0.15, 0.2) is 36.5 Å². The zero-order valence-corrected chi connectivity index (χ0v) is 10.6. The van der Waals surface area contributed by atoms with Crippen molar-refractivity contribution in [1.29, 1.82) is 0 Å². The van der Waals surface area contributed by atoms with Gasteiger partial charge in [0, 0.05) is 12.6 Å². The molecule has 5 nitrogen and oxygen atoms in total. The van der Waals surface area contributed by atoms with Gasteiger partial charge < -0.3 is 5.32 Å². The van der Waals surface area contributed by atoms with Crippen LogP contribution in [0.4, 0.5) is 0 Å². The average Bonchev–Trinajstić information content (AvgIpc) is 3.12. The van der Waals surface area contributed by atoms with Crippen LogP contribution in [0, 0.1) is 0 Å². The summed E-state index contributed by atoms with van der Waals surface area (Å²) in [6, 6.07) is 10.5. The molecule has 2 aromatic rings. The molecule has 1 saturated carbocycles. The lowest BCUT2D eigenvalue weighted by molar-refractivity contribution is 0.0946. The van der Waals surface area contributed by atoms with E-state index in [9.17, 15) is 4.79 Å². The van der Waals surface area contributed by atoms with Crippen LogP contribution in [0.1, 0.15) is 28.9 Å². The summed E-state index contributed by atoms with van der Waals surface area (Å²) in [5.74, 6) is -0.117.